The number of nitrogens with zero attached hydrogens (tertiary/aromatic N) is 1. The third-order valence-electron chi connectivity index (χ3n) is 2.24. The van der Waals surface area contributed by atoms with Crippen molar-refractivity contribution in [3.05, 3.63) is 40.8 Å². The van der Waals surface area contributed by atoms with Gasteiger partial charge in [-0.1, -0.05) is 0 Å². The van der Waals surface area contributed by atoms with Crippen molar-refractivity contribution in [3.63, 3.8) is 0 Å². The van der Waals surface area contributed by atoms with Crippen LogP contribution in [0.5, 0.6) is 0 Å². The van der Waals surface area contributed by atoms with Crippen molar-refractivity contribution in [1.29, 1.82) is 0 Å². The fourth-order valence-electron chi connectivity index (χ4n) is 1.32. The fraction of sp³-hybridized carbons (Fsp3) is 0.182. The fourth-order valence-corrected chi connectivity index (χ4v) is 1.63. The van der Waals surface area contributed by atoms with E-state index in [1.807, 2.05) is 0 Å². The smallest absolute Gasteiger partial charge is 0.287 e. The number of halogens is 1. The lowest BCUT2D eigenvalue weighted by molar-refractivity contribution is -0.120. The molecule has 0 aromatic carbocycles. The molecule has 100 valence electrons. The van der Waals surface area contributed by atoms with Crippen LogP contribution in [0.4, 0.5) is 0 Å². The molecule has 7 nitrogen and oxygen atoms in total. The second-order valence-electron chi connectivity index (χ2n) is 3.64. The first-order valence-corrected chi connectivity index (χ1v) is 6.22. The van der Waals surface area contributed by atoms with Crippen LogP contribution in [0.3, 0.4) is 0 Å². The molecular formula is C11H11BrN4O3. The van der Waals surface area contributed by atoms with Gasteiger partial charge in [0.1, 0.15) is 0 Å². The summed E-state index contributed by atoms with van der Waals surface area (Å²) in [6.07, 6.45) is 3.14. The molecule has 0 fully saturated rings. The van der Waals surface area contributed by atoms with Gasteiger partial charge in [-0.15, -0.1) is 0 Å². The molecule has 8 heteroatoms. The molecule has 2 amide bonds. The summed E-state index contributed by atoms with van der Waals surface area (Å²) in [6.45, 7) is 0.215. The van der Waals surface area contributed by atoms with Crippen molar-refractivity contribution < 1.29 is 14.0 Å². The molecule has 0 atom stereocenters. The van der Waals surface area contributed by atoms with Gasteiger partial charge in [0.2, 0.25) is 5.91 Å². The van der Waals surface area contributed by atoms with Gasteiger partial charge >= 0.3 is 0 Å². The molecule has 0 aliphatic rings. The van der Waals surface area contributed by atoms with E-state index >= 15 is 0 Å². The van der Waals surface area contributed by atoms with Crippen LogP contribution in [0, 0.1) is 0 Å². The molecule has 3 N–H and O–H groups in total. The standard InChI is InChI=1S/C11H11BrN4O3/c12-9-2-1-8(19-9)11(18)15-5-10(17)14-4-7-3-13-6-16-7/h1-3,6H,4-5H2,(H,13,16)(H,14,17)(H,15,18). The van der Waals surface area contributed by atoms with E-state index in [9.17, 15) is 9.59 Å². The Kier molecular flexibility index (Phi) is 4.35. The van der Waals surface area contributed by atoms with Crippen LogP contribution in [0.2, 0.25) is 0 Å². The highest BCUT2D eigenvalue weighted by Crippen LogP contribution is 2.13. The van der Waals surface area contributed by atoms with Gasteiger partial charge in [0.15, 0.2) is 10.4 Å². The molecule has 0 aliphatic carbocycles. The lowest BCUT2D eigenvalue weighted by atomic mass is 10.4. The molecule has 0 unspecified atom stereocenters. The van der Waals surface area contributed by atoms with Gasteiger partial charge in [-0.3, -0.25) is 9.59 Å². The number of H-pyrrole nitrogens is 1. The minimum absolute atomic E-state index is 0.120. The number of hydrogen-bond donors (Lipinski definition) is 3. The van der Waals surface area contributed by atoms with Crippen molar-refractivity contribution in [1.82, 2.24) is 20.6 Å². The van der Waals surface area contributed by atoms with Crippen LogP contribution >= 0.6 is 15.9 Å². The highest BCUT2D eigenvalue weighted by atomic mass is 79.9. The number of nitrogens with one attached hydrogen (secondary N) is 3. The second kappa shape index (κ2) is 6.19. The summed E-state index contributed by atoms with van der Waals surface area (Å²) < 4.78 is 5.52. The van der Waals surface area contributed by atoms with Crippen LogP contribution in [0.25, 0.3) is 0 Å². The van der Waals surface area contributed by atoms with Gasteiger partial charge < -0.3 is 20.0 Å². The molecule has 2 rings (SSSR count). The number of furan rings is 1. The maximum absolute atomic E-state index is 11.6. The predicted octanol–water partition coefficient (Wildman–Crippen LogP) is 0.811. The zero-order valence-corrected chi connectivity index (χ0v) is 11.4. The average molecular weight is 327 g/mol. The Bertz CT molecular complexity index is 564. The van der Waals surface area contributed by atoms with Crippen molar-refractivity contribution in [2.75, 3.05) is 6.54 Å². The largest absolute Gasteiger partial charge is 0.444 e. The first kappa shape index (κ1) is 13.3. The van der Waals surface area contributed by atoms with E-state index in [2.05, 4.69) is 36.5 Å². The van der Waals surface area contributed by atoms with E-state index in [-0.39, 0.29) is 18.2 Å². The number of hydrogen-bond acceptors (Lipinski definition) is 4. The quantitative estimate of drug-likeness (QED) is 0.757. The summed E-state index contributed by atoms with van der Waals surface area (Å²) >= 11 is 3.09. The molecular weight excluding hydrogens is 316 g/mol. The SMILES string of the molecule is O=C(CNC(=O)c1ccc(Br)o1)NCc1cnc[nH]1. The van der Waals surface area contributed by atoms with Crippen LogP contribution < -0.4 is 10.6 Å². The van der Waals surface area contributed by atoms with Crippen LogP contribution in [0.1, 0.15) is 16.2 Å². The van der Waals surface area contributed by atoms with E-state index in [1.54, 1.807) is 12.3 Å². The number of aromatic amines is 1. The Balaban J connectivity index is 1.73. The molecule has 2 heterocycles. The van der Waals surface area contributed by atoms with Gasteiger partial charge in [-0.25, -0.2) is 4.98 Å². The monoisotopic (exact) mass is 326 g/mol. The zero-order valence-electron chi connectivity index (χ0n) is 9.77. The number of carbonyl (C=O) groups excluding carboxylic acids is 2. The average Bonchev–Trinajstić information content (AvgIpc) is 3.04. The second-order valence-corrected chi connectivity index (χ2v) is 4.42. The number of carbonyl (C=O) groups is 2. The van der Waals surface area contributed by atoms with Crippen LogP contribution in [-0.2, 0) is 11.3 Å². The summed E-state index contributed by atoms with van der Waals surface area (Å²) in [7, 11) is 0. The van der Waals surface area contributed by atoms with Gasteiger partial charge in [-0.05, 0) is 28.1 Å². The minimum atomic E-state index is -0.442. The molecule has 0 aliphatic heterocycles. The maximum Gasteiger partial charge on any atom is 0.287 e. The van der Waals surface area contributed by atoms with Gasteiger partial charge in [-0.2, -0.15) is 0 Å². The van der Waals surface area contributed by atoms with E-state index in [1.165, 1.54) is 12.4 Å². The molecule has 19 heavy (non-hydrogen) atoms. The molecule has 0 saturated carbocycles. The van der Waals surface area contributed by atoms with E-state index in [0.29, 0.717) is 11.2 Å². The Labute approximate surface area is 116 Å². The predicted molar refractivity (Wildman–Crippen MR) is 69.2 cm³/mol. The maximum atomic E-state index is 11.6. The summed E-state index contributed by atoms with van der Waals surface area (Å²) in [4.78, 5) is 29.7. The third-order valence-corrected chi connectivity index (χ3v) is 2.66. The van der Waals surface area contributed by atoms with Gasteiger partial charge in [0, 0.05) is 6.20 Å². The molecule has 2 aromatic rings. The first-order chi connectivity index (χ1) is 9.15. The summed E-state index contributed by atoms with van der Waals surface area (Å²) in [6, 6.07) is 3.12. The van der Waals surface area contributed by atoms with E-state index < -0.39 is 5.91 Å². The van der Waals surface area contributed by atoms with Crippen LogP contribution in [0.15, 0.2) is 33.7 Å². The lowest BCUT2D eigenvalue weighted by Gasteiger charge is -2.04. The normalized spacial score (nSPS) is 10.2. The first-order valence-electron chi connectivity index (χ1n) is 5.42. The van der Waals surface area contributed by atoms with Crippen LogP contribution in [-0.4, -0.2) is 28.3 Å². The van der Waals surface area contributed by atoms with E-state index in [0.717, 1.165) is 5.69 Å². The lowest BCUT2D eigenvalue weighted by Crippen LogP contribution is -2.36. The van der Waals surface area contributed by atoms with Crippen molar-refractivity contribution in [3.8, 4) is 0 Å². The Hall–Kier alpha value is -2.09. The van der Waals surface area contributed by atoms with Gasteiger partial charge in [0.05, 0.1) is 25.1 Å². The minimum Gasteiger partial charge on any atom is -0.444 e. The van der Waals surface area contributed by atoms with Crippen molar-refractivity contribution in [2.45, 2.75) is 6.54 Å². The number of aromatic nitrogens is 2. The molecule has 2 aromatic heterocycles. The molecule has 0 bridgehead atoms. The van der Waals surface area contributed by atoms with Crippen molar-refractivity contribution >= 4 is 27.7 Å². The van der Waals surface area contributed by atoms with Gasteiger partial charge in [0.25, 0.3) is 5.91 Å². The Morgan fingerprint density at radius 2 is 2.21 bits per heavy atom. The summed E-state index contributed by atoms with van der Waals surface area (Å²) in [5.41, 5.74) is 0.787. The number of imidazole rings is 1. The molecule has 0 saturated heterocycles. The highest BCUT2D eigenvalue weighted by molar-refractivity contribution is 9.10. The number of amides is 2. The summed E-state index contributed by atoms with van der Waals surface area (Å²) in [5, 5.41) is 5.08. The topological polar surface area (TPSA) is 100 Å². The molecule has 0 radical (unpaired) electrons. The van der Waals surface area contributed by atoms with Crippen molar-refractivity contribution in [2.24, 2.45) is 0 Å². The van der Waals surface area contributed by atoms with E-state index in [4.69, 9.17) is 4.42 Å². The Morgan fingerprint density at radius 1 is 1.37 bits per heavy atom. The number of rotatable bonds is 5. The summed E-state index contributed by atoms with van der Waals surface area (Å²) in [5.74, 6) is -0.593. The highest BCUT2D eigenvalue weighted by Gasteiger charge is 2.11. The zero-order chi connectivity index (χ0) is 13.7. The molecule has 0 spiro atoms. The Morgan fingerprint density at radius 3 is 2.84 bits per heavy atom. The third kappa shape index (κ3) is 3.95.